The summed E-state index contributed by atoms with van der Waals surface area (Å²) in [5, 5.41) is 0. The van der Waals surface area contributed by atoms with Crippen molar-refractivity contribution >= 4 is 5.91 Å². The number of amides is 1. The molecule has 0 N–H and O–H groups in total. The van der Waals surface area contributed by atoms with Crippen molar-refractivity contribution in [2.75, 3.05) is 33.9 Å². The van der Waals surface area contributed by atoms with Crippen molar-refractivity contribution in [3.8, 4) is 23.4 Å². The van der Waals surface area contributed by atoms with Crippen LogP contribution in [0.25, 0.3) is 0 Å². The lowest BCUT2D eigenvalue weighted by atomic mass is 10.1. The van der Waals surface area contributed by atoms with Crippen LogP contribution in [-0.2, 0) is 4.79 Å². The van der Waals surface area contributed by atoms with E-state index in [1.165, 1.54) is 7.11 Å². The number of ether oxygens (including phenoxy) is 4. The number of likely N-dealkylation sites (tertiary alicyclic amines) is 1. The van der Waals surface area contributed by atoms with Gasteiger partial charge in [0.25, 0.3) is 5.91 Å². The van der Waals surface area contributed by atoms with E-state index < -0.39 is 0 Å². The van der Waals surface area contributed by atoms with E-state index >= 15 is 0 Å². The predicted molar refractivity (Wildman–Crippen MR) is 97.3 cm³/mol. The molecule has 144 valence electrons. The molecule has 0 saturated carbocycles. The number of carbonyl (C=O) groups excluding carboxylic acids is 1. The minimum Gasteiger partial charge on any atom is -0.497 e. The van der Waals surface area contributed by atoms with Gasteiger partial charge in [-0.05, 0) is 12.1 Å². The largest absolute Gasteiger partial charge is 0.497 e. The Morgan fingerprint density at radius 2 is 1.93 bits per heavy atom. The van der Waals surface area contributed by atoms with Crippen LogP contribution >= 0.6 is 0 Å². The molecule has 8 nitrogen and oxygen atoms in total. The van der Waals surface area contributed by atoms with Gasteiger partial charge in [0.15, 0.2) is 6.61 Å². The zero-order valence-electron chi connectivity index (χ0n) is 15.5. The molecule has 1 saturated heterocycles. The van der Waals surface area contributed by atoms with Gasteiger partial charge in [0.05, 0.1) is 14.2 Å². The molecule has 0 aliphatic carbocycles. The minimum atomic E-state index is -0.0417. The molecule has 0 atom stereocenters. The predicted octanol–water partition coefficient (Wildman–Crippen LogP) is 1.94. The molecule has 27 heavy (non-hydrogen) atoms. The van der Waals surface area contributed by atoms with Gasteiger partial charge in [0.1, 0.15) is 17.6 Å². The Kier molecular flexibility index (Phi) is 6.30. The number of rotatable bonds is 7. The second kappa shape index (κ2) is 9.07. The molecule has 0 unspecified atom stereocenters. The summed E-state index contributed by atoms with van der Waals surface area (Å²) < 4.78 is 21.6. The van der Waals surface area contributed by atoms with Gasteiger partial charge in [0.2, 0.25) is 5.88 Å². The van der Waals surface area contributed by atoms with E-state index in [0.29, 0.717) is 30.5 Å². The van der Waals surface area contributed by atoms with Crippen LogP contribution in [0.2, 0.25) is 0 Å². The molecular weight excluding hydrogens is 350 g/mol. The molecule has 2 heterocycles. The summed E-state index contributed by atoms with van der Waals surface area (Å²) in [7, 11) is 3.10. The Morgan fingerprint density at radius 3 is 2.67 bits per heavy atom. The fourth-order valence-electron chi connectivity index (χ4n) is 2.81. The molecule has 0 radical (unpaired) electrons. The molecule has 1 aliphatic heterocycles. The molecule has 1 aromatic heterocycles. The number of carbonyl (C=O) groups is 1. The van der Waals surface area contributed by atoms with Crippen LogP contribution in [0.1, 0.15) is 12.8 Å². The SMILES string of the molecule is COc1cccc(OCC(=O)N2CCC(Oc3ccnc(OC)n3)CC2)c1. The highest BCUT2D eigenvalue weighted by Gasteiger charge is 2.24. The first-order valence-corrected chi connectivity index (χ1v) is 8.76. The molecule has 2 aromatic rings. The lowest BCUT2D eigenvalue weighted by molar-refractivity contribution is -0.135. The van der Waals surface area contributed by atoms with E-state index in [0.717, 1.165) is 12.8 Å². The first kappa shape index (κ1) is 18.8. The second-order valence-electron chi connectivity index (χ2n) is 6.05. The number of methoxy groups -OCH3 is 2. The summed E-state index contributed by atoms with van der Waals surface area (Å²) >= 11 is 0. The highest BCUT2D eigenvalue weighted by molar-refractivity contribution is 5.77. The molecule has 8 heteroatoms. The monoisotopic (exact) mass is 373 g/mol. The maximum absolute atomic E-state index is 12.4. The van der Waals surface area contributed by atoms with Crippen LogP contribution in [0, 0.1) is 0 Å². The van der Waals surface area contributed by atoms with Crippen LogP contribution in [-0.4, -0.2) is 60.8 Å². The third-order valence-electron chi connectivity index (χ3n) is 4.28. The van der Waals surface area contributed by atoms with Crippen LogP contribution in [0.5, 0.6) is 23.4 Å². The van der Waals surface area contributed by atoms with Crippen molar-refractivity contribution in [3.05, 3.63) is 36.5 Å². The van der Waals surface area contributed by atoms with Crippen molar-refractivity contribution in [2.45, 2.75) is 18.9 Å². The van der Waals surface area contributed by atoms with Gasteiger partial charge in [-0.25, -0.2) is 4.98 Å². The van der Waals surface area contributed by atoms with Crippen LogP contribution in [0.4, 0.5) is 0 Å². The average Bonchev–Trinajstić information content (AvgIpc) is 2.73. The maximum atomic E-state index is 12.4. The maximum Gasteiger partial charge on any atom is 0.319 e. The van der Waals surface area contributed by atoms with Crippen LogP contribution in [0.15, 0.2) is 36.5 Å². The number of benzene rings is 1. The highest BCUT2D eigenvalue weighted by Crippen LogP contribution is 2.20. The molecule has 0 spiro atoms. The Morgan fingerprint density at radius 1 is 1.15 bits per heavy atom. The molecule has 3 rings (SSSR count). The summed E-state index contributed by atoms with van der Waals surface area (Å²) in [5.74, 6) is 1.74. The normalized spacial score (nSPS) is 14.5. The topological polar surface area (TPSA) is 83.0 Å². The van der Waals surface area contributed by atoms with E-state index in [1.54, 1.807) is 36.4 Å². The second-order valence-corrected chi connectivity index (χ2v) is 6.05. The van der Waals surface area contributed by atoms with Gasteiger partial charge in [-0.15, -0.1) is 0 Å². The Labute approximate surface area is 158 Å². The summed E-state index contributed by atoms with van der Waals surface area (Å²) in [5.41, 5.74) is 0. The molecule has 1 amide bonds. The summed E-state index contributed by atoms with van der Waals surface area (Å²) in [6, 6.07) is 9.17. The van der Waals surface area contributed by atoms with E-state index in [4.69, 9.17) is 18.9 Å². The minimum absolute atomic E-state index is 0.00179. The van der Waals surface area contributed by atoms with Crippen molar-refractivity contribution in [2.24, 2.45) is 0 Å². The summed E-state index contributed by atoms with van der Waals surface area (Å²) in [6.07, 6.45) is 3.07. The van der Waals surface area contributed by atoms with E-state index in [9.17, 15) is 4.79 Å². The standard InChI is InChI=1S/C19H23N3O5/c1-24-15-4-3-5-16(12-15)26-13-18(23)22-10-7-14(8-11-22)27-17-6-9-20-19(21-17)25-2/h3-6,9,12,14H,7-8,10-11,13H2,1-2H3. The van der Waals surface area contributed by atoms with Gasteiger partial charge >= 0.3 is 6.01 Å². The summed E-state index contributed by atoms with van der Waals surface area (Å²) in [6.45, 7) is 1.24. The number of hydrogen-bond acceptors (Lipinski definition) is 7. The smallest absolute Gasteiger partial charge is 0.319 e. The number of aromatic nitrogens is 2. The lowest BCUT2D eigenvalue weighted by Gasteiger charge is -2.31. The number of hydrogen-bond donors (Lipinski definition) is 0. The zero-order valence-corrected chi connectivity index (χ0v) is 15.5. The molecule has 1 aliphatic rings. The number of nitrogens with zero attached hydrogens (tertiary/aromatic N) is 3. The van der Waals surface area contributed by atoms with E-state index in [2.05, 4.69) is 9.97 Å². The first-order valence-electron chi connectivity index (χ1n) is 8.76. The van der Waals surface area contributed by atoms with E-state index in [-0.39, 0.29) is 24.6 Å². The molecule has 0 bridgehead atoms. The van der Waals surface area contributed by atoms with Gasteiger partial charge in [-0.3, -0.25) is 4.79 Å². The van der Waals surface area contributed by atoms with E-state index in [1.807, 2.05) is 12.1 Å². The Hall–Kier alpha value is -3.03. The van der Waals surface area contributed by atoms with Gasteiger partial charge in [0, 0.05) is 44.3 Å². The van der Waals surface area contributed by atoms with Gasteiger partial charge in [-0.1, -0.05) is 6.07 Å². The fourth-order valence-corrected chi connectivity index (χ4v) is 2.81. The van der Waals surface area contributed by atoms with Crippen LogP contribution in [0.3, 0.4) is 0 Å². The fraction of sp³-hybridized carbons (Fsp3) is 0.421. The Balaban J connectivity index is 1.44. The average molecular weight is 373 g/mol. The third-order valence-corrected chi connectivity index (χ3v) is 4.28. The quantitative estimate of drug-likeness (QED) is 0.733. The molecule has 1 aromatic carbocycles. The van der Waals surface area contributed by atoms with Crippen molar-refractivity contribution in [1.29, 1.82) is 0 Å². The molecule has 1 fully saturated rings. The van der Waals surface area contributed by atoms with Crippen molar-refractivity contribution in [3.63, 3.8) is 0 Å². The summed E-state index contributed by atoms with van der Waals surface area (Å²) in [4.78, 5) is 22.3. The number of piperidine rings is 1. The lowest BCUT2D eigenvalue weighted by Crippen LogP contribution is -2.43. The molecular formula is C19H23N3O5. The first-order chi connectivity index (χ1) is 13.2. The highest BCUT2D eigenvalue weighted by atomic mass is 16.5. The van der Waals surface area contributed by atoms with Gasteiger partial charge < -0.3 is 23.8 Å². The third kappa shape index (κ3) is 5.22. The van der Waals surface area contributed by atoms with Crippen molar-refractivity contribution in [1.82, 2.24) is 14.9 Å². The van der Waals surface area contributed by atoms with Crippen molar-refractivity contribution < 1.29 is 23.7 Å². The van der Waals surface area contributed by atoms with Crippen LogP contribution < -0.4 is 18.9 Å². The van der Waals surface area contributed by atoms with Gasteiger partial charge in [-0.2, -0.15) is 4.98 Å². The Bertz CT molecular complexity index is 763. The zero-order chi connectivity index (χ0) is 19.1.